The molecule has 0 aromatic rings. The number of hydrogen-bond donors (Lipinski definition) is 2. The van der Waals surface area contributed by atoms with Crippen LogP contribution in [0.5, 0.6) is 0 Å². The van der Waals surface area contributed by atoms with E-state index < -0.39 is 16.8 Å². The molecule has 1 heterocycles. The highest BCUT2D eigenvalue weighted by Crippen LogP contribution is 2.41. The summed E-state index contributed by atoms with van der Waals surface area (Å²) >= 11 is 3.32. The highest BCUT2D eigenvalue weighted by Gasteiger charge is 2.55. The molecule has 0 spiro atoms. The molecule has 2 saturated carbocycles. The molecular formula is C20H28IN3O6S2. The second-order valence-corrected chi connectivity index (χ2v) is 11.7. The van der Waals surface area contributed by atoms with Crippen molar-refractivity contribution in [3.63, 3.8) is 0 Å². The molecule has 3 fully saturated rings. The molecule has 178 valence electrons. The van der Waals surface area contributed by atoms with E-state index >= 15 is 0 Å². The van der Waals surface area contributed by atoms with Gasteiger partial charge in [-0.05, 0) is 44.4 Å². The van der Waals surface area contributed by atoms with E-state index in [0.29, 0.717) is 25.1 Å². The van der Waals surface area contributed by atoms with Crippen molar-refractivity contribution in [2.24, 2.45) is 11.8 Å². The SMILES string of the molecule is CN(C(=O)CCSC1CC(=O)N(CC2CCC(C(=O)NSI)CC2)C1=O)C1(C(=O)O)CC1. The number of thioether (sulfide) groups is 1. The number of carbonyl (C=O) groups is 5. The van der Waals surface area contributed by atoms with Gasteiger partial charge in [0.2, 0.25) is 23.6 Å². The van der Waals surface area contributed by atoms with Crippen molar-refractivity contribution in [1.29, 1.82) is 0 Å². The molecule has 9 nitrogen and oxygen atoms in total. The van der Waals surface area contributed by atoms with Gasteiger partial charge in [0.1, 0.15) is 5.54 Å². The van der Waals surface area contributed by atoms with Crippen LogP contribution in [0.15, 0.2) is 0 Å². The number of imide groups is 1. The van der Waals surface area contributed by atoms with E-state index in [1.807, 2.05) is 21.2 Å². The van der Waals surface area contributed by atoms with Crippen molar-refractivity contribution in [3.8, 4) is 0 Å². The number of aliphatic carboxylic acids is 1. The molecule has 1 unspecified atom stereocenters. The van der Waals surface area contributed by atoms with Crippen molar-refractivity contribution in [2.45, 2.75) is 62.2 Å². The first-order valence-electron chi connectivity index (χ1n) is 10.7. The van der Waals surface area contributed by atoms with E-state index in [-0.39, 0.29) is 48.3 Å². The van der Waals surface area contributed by atoms with E-state index in [2.05, 4.69) is 4.72 Å². The standard InChI is InChI=1S/C20H28IN3O6S2/c1-23(20(7-8-20)19(29)30)15(25)6-9-31-14-10-16(26)24(18(14)28)11-12-2-4-13(5-3-12)17(27)22-32-21/h12-14H,2-11H2,1H3,(H,22,27)(H,29,30). The summed E-state index contributed by atoms with van der Waals surface area (Å²) in [6, 6.07) is 0. The molecule has 2 N–H and O–H groups in total. The number of nitrogens with one attached hydrogen (secondary N) is 1. The summed E-state index contributed by atoms with van der Waals surface area (Å²) in [6.45, 7) is 0.396. The fourth-order valence-corrected chi connectivity index (χ4v) is 6.47. The summed E-state index contributed by atoms with van der Waals surface area (Å²) in [5.74, 6) is -1.00. The summed E-state index contributed by atoms with van der Waals surface area (Å²) in [5.41, 5.74) is -1.06. The molecule has 0 aromatic heterocycles. The lowest BCUT2D eigenvalue weighted by Crippen LogP contribution is -2.44. The highest BCUT2D eigenvalue weighted by atomic mass is 127. The third-order valence-electron chi connectivity index (χ3n) is 6.77. The van der Waals surface area contributed by atoms with Crippen LogP contribution in [0.25, 0.3) is 0 Å². The largest absolute Gasteiger partial charge is 0.479 e. The van der Waals surface area contributed by atoms with Gasteiger partial charge in [-0.2, -0.15) is 0 Å². The van der Waals surface area contributed by atoms with Gasteiger partial charge < -0.3 is 10.0 Å². The monoisotopic (exact) mass is 597 g/mol. The van der Waals surface area contributed by atoms with Gasteiger partial charge in [0, 0.05) is 68.4 Å². The van der Waals surface area contributed by atoms with Gasteiger partial charge in [-0.15, -0.1) is 11.8 Å². The number of likely N-dealkylation sites (N-methyl/N-ethyl adjacent to an activating group) is 1. The number of likely N-dealkylation sites (tertiary alicyclic amines) is 1. The van der Waals surface area contributed by atoms with Crippen LogP contribution < -0.4 is 4.72 Å². The van der Waals surface area contributed by atoms with Crippen LogP contribution in [0.1, 0.15) is 51.4 Å². The molecule has 3 rings (SSSR count). The highest BCUT2D eigenvalue weighted by molar-refractivity contribution is 14.2. The summed E-state index contributed by atoms with van der Waals surface area (Å²) in [5, 5.41) is 8.82. The number of carboxylic acid groups (broad SMARTS) is 1. The van der Waals surface area contributed by atoms with Crippen molar-refractivity contribution in [2.75, 3.05) is 19.3 Å². The first-order valence-corrected chi connectivity index (χ1v) is 15.1. The average Bonchev–Trinajstić information content (AvgIpc) is 3.54. The topological polar surface area (TPSA) is 124 Å². The quantitative estimate of drug-likeness (QED) is 0.223. The van der Waals surface area contributed by atoms with Gasteiger partial charge in [0.15, 0.2) is 0 Å². The zero-order chi connectivity index (χ0) is 23.5. The predicted octanol–water partition coefficient (Wildman–Crippen LogP) is 2.23. The maximum atomic E-state index is 12.8. The minimum atomic E-state index is -1.06. The maximum absolute atomic E-state index is 12.8. The molecular weight excluding hydrogens is 569 g/mol. The fraction of sp³-hybridized carbons (Fsp3) is 0.750. The Kier molecular flexibility index (Phi) is 8.75. The maximum Gasteiger partial charge on any atom is 0.329 e. The summed E-state index contributed by atoms with van der Waals surface area (Å²) in [6.07, 6.45) is 4.34. The number of amides is 4. The van der Waals surface area contributed by atoms with E-state index in [9.17, 15) is 29.1 Å². The number of rotatable bonds is 10. The Morgan fingerprint density at radius 3 is 2.44 bits per heavy atom. The van der Waals surface area contributed by atoms with Gasteiger partial charge in [-0.3, -0.25) is 28.8 Å². The lowest BCUT2D eigenvalue weighted by Gasteiger charge is -2.29. The van der Waals surface area contributed by atoms with E-state index in [1.54, 1.807) is 0 Å². The molecule has 1 atom stereocenters. The smallest absolute Gasteiger partial charge is 0.329 e. The molecule has 12 heteroatoms. The minimum Gasteiger partial charge on any atom is -0.479 e. The summed E-state index contributed by atoms with van der Waals surface area (Å²) in [4.78, 5) is 63.5. The fourth-order valence-electron chi connectivity index (χ4n) is 4.47. The van der Waals surface area contributed by atoms with Gasteiger partial charge in [0.05, 0.1) is 5.25 Å². The Balaban J connectivity index is 1.42. The minimum absolute atomic E-state index is 0.00614. The van der Waals surface area contributed by atoms with E-state index in [0.717, 1.165) is 25.7 Å². The summed E-state index contributed by atoms with van der Waals surface area (Å²) in [7, 11) is 2.78. The molecule has 2 aliphatic carbocycles. The number of carboxylic acids is 1. The molecule has 3 aliphatic rings. The molecule has 0 bridgehead atoms. The zero-order valence-corrected chi connectivity index (χ0v) is 21.7. The van der Waals surface area contributed by atoms with Gasteiger partial charge in [0.25, 0.3) is 0 Å². The first-order chi connectivity index (χ1) is 15.2. The number of hydrogen-bond acceptors (Lipinski definition) is 7. The predicted molar refractivity (Wildman–Crippen MR) is 130 cm³/mol. The lowest BCUT2D eigenvalue weighted by atomic mass is 9.81. The molecule has 32 heavy (non-hydrogen) atoms. The van der Waals surface area contributed by atoms with Crippen LogP contribution in [0.4, 0.5) is 0 Å². The first kappa shape index (κ1) is 25.6. The molecule has 0 aromatic carbocycles. The van der Waals surface area contributed by atoms with Crippen molar-refractivity contribution >= 4 is 71.7 Å². The normalized spacial score (nSPS) is 26.7. The number of halogens is 1. The average molecular weight is 597 g/mol. The van der Waals surface area contributed by atoms with Gasteiger partial charge >= 0.3 is 5.97 Å². The van der Waals surface area contributed by atoms with Crippen LogP contribution in [-0.4, -0.2) is 74.6 Å². The Morgan fingerprint density at radius 1 is 1.22 bits per heavy atom. The number of nitrogens with zero attached hydrogens (tertiary/aromatic N) is 2. The molecule has 0 radical (unpaired) electrons. The van der Waals surface area contributed by atoms with Crippen molar-refractivity contribution in [3.05, 3.63) is 0 Å². The van der Waals surface area contributed by atoms with Crippen LogP contribution in [-0.2, 0) is 24.0 Å². The van der Waals surface area contributed by atoms with E-state index in [4.69, 9.17) is 0 Å². The van der Waals surface area contributed by atoms with Crippen molar-refractivity contribution in [1.82, 2.24) is 14.5 Å². The molecule has 1 aliphatic heterocycles. The van der Waals surface area contributed by atoms with Crippen LogP contribution >= 0.6 is 42.1 Å². The second-order valence-electron chi connectivity index (χ2n) is 8.71. The Hall–Kier alpha value is -1.02. The Bertz CT molecular complexity index is 785. The second kappa shape index (κ2) is 10.9. The Labute approximate surface area is 207 Å². The van der Waals surface area contributed by atoms with Gasteiger partial charge in [-0.25, -0.2) is 4.79 Å². The zero-order valence-electron chi connectivity index (χ0n) is 17.9. The van der Waals surface area contributed by atoms with Crippen LogP contribution in [0.3, 0.4) is 0 Å². The third-order valence-corrected chi connectivity index (χ3v) is 8.92. The number of carbonyl (C=O) groups excluding carboxylic acids is 4. The third kappa shape index (κ3) is 5.72. The summed E-state index contributed by atoms with van der Waals surface area (Å²) < 4.78 is 2.76. The lowest BCUT2D eigenvalue weighted by molar-refractivity contribution is -0.150. The molecule has 1 saturated heterocycles. The Morgan fingerprint density at radius 2 is 1.88 bits per heavy atom. The van der Waals surface area contributed by atoms with Gasteiger partial charge in [-0.1, -0.05) is 0 Å². The van der Waals surface area contributed by atoms with E-state index in [1.165, 1.54) is 37.7 Å². The molecule has 4 amide bonds. The van der Waals surface area contributed by atoms with Crippen molar-refractivity contribution < 1.29 is 29.1 Å². The van der Waals surface area contributed by atoms with Crippen LogP contribution in [0.2, 0.25) is 0 Å². The van der Waals surface area contributed by atoms with Crippen LogP contribution in [0, 0.1) is 11.8 Å².